The quantitative estimate of drug-likeness (QED) is 0.598. The number of nitriles is 1. The van der Waals surface area contributed by atoms with E-state index in [1.54, 1.807) is 24.3 Å². The standard InChI is InChI=1S/C11H13N3O3/c12-5-8-1-3-9(4-2-8)13-6-10(15)7-14-11(16)17/h1-4,10,13-15H,6-7H2,(H,16,17)/t10-/m1/s1. The topological polar surface area (TPSA) is 105 Å². The largest absolute Gasteiger partial charge is 0.465 e. The van der Waals surface area contributed by atoms with Crippen molar-refractivity contribution in [3.63, 3.8) is 0 Å². The van der Waals surface area contributed by atoms with Gasteiger partial charge in [-0.05, 0) is 24.3 Å². The lowest BCUT2D eigenvalue weighted by Crippen LogP contribution is -2.34. The molecule has 1 amide bonds. The normalized spacial score (nSPS) is 11.3. The third kappa shape index (κ3) is 4.86. The highest BCUT2D eigenvalue weighted by atomic mass is 16.4. The molecule has 17 heavy (non-hydrogen) atoms. The summed E-state index contributed by atoms with van der Waals surface area (Å²) in [5.41, 5.74) is 1.32. The van der Waals surface area contributed by atoms with Crippen molar-refractivity contribution in [3.8, 4) is 6.07 Å². The minimum atomic E-state index is -1.16. The lowest BCUT2D eigenvalue weighted by Gasteiger charge is -2.12. The number of amides is 1. The summed E-state index contributed by atoms with van der Waals surface area (Å²) < 4.78 is 0. The van der Waals surface area contributed by atoms with E-state index in [0.717, 1.165) is 5.69 Å². The molecule has 4 N–H and O–H groups in total. The Labute approximate surface area is 98.5 Å². The number of carbonyl (C=O) groups is 1. The minimum absolute atomic E-state index is 0.0292. The highest BCUT2D eigenvalue weighted by Crippen LogP contribution is 2.08. The lowest BCUT2D eigenvalue weighted by atomic mass is 10.2. The maximum Gasteiger partial charge on any atom is 0.404 e. The van der Waals surface area contributed by atoms with Gasteiger partial charge in [0.05, 0.1) is 17.7 Å². The fourth-order valence-corrected chi connectivity index (χ4v) is 1.18. The summed E-state index contributed by atoms with van der Waals surface area (Å²) in [5, 5.41) is 31.4. The van der Waals surface area contributed by atoms with Gasteiger partial charge in [0.15, 0.2) is 0 Å². The first-order valence-electron chi connectivity index (χ1n) is 5.00. The maximum absolute atomic E-state index is 10.2. The molecule has 0 aliphatic carbocycles. The van der Waals surface area contributed by atoms with Gasteiger partial charge in [-0.25, -0.2) is 4.79 Å². The second kappa shape index (κ2) is 6.35. The molecule has 0 saturated carbocycles. The van der Waals surface area contributed by atoms with Crippen LogP contribution >= 0.6 is 0 Å². The van der Waals surface area contributed by atoms with Gasteiger partial charge in [0.25, 0.3) is 0 Å². The molecular weight excluding hydrogens is 222 g/mol. The second-order valence-corrected chi connectivity index (χ2v) is 3.41. The van der Waals surface area contributed by atoms with Gasteiger partial charge >= 0.3 is 6.09 Å². The number of nitrogens with one attached hydrogen (secondary N) is 2. The molecule has 0 heterocycles. The number of anilines is 1. The van der Waals surface area contributed by atoms with Crippen LogP contribution in [0.25, 0.3) is 0 Å². The van der Waals surface area contributed by atoms with Crippen LogP contribution in [0.4, 0.5) is 10.5 Å². The van der Waals surface area contributed by atoms with Crippen LogP contribution in [-0.4, -0.2) is 35.5 Å². The summed E-state index contributed by atoms with van der Waals surface area (Å²) in [5.74, 6) is 0. The van der Waals surface area contributed by atoms with Gasteiger partial charge in [-0.1, -0.05) is 0 Å². The third-order valence-corrected chi connectivity index (χ3v) is 2.04. The van der Waals surface area contributed by atoms with Crippen LogP contribution in [0.1, 0.15) is 5.56 Å². The van der Waals surface area contributed by atoms with Gasteiger partial charge < -0.3 is 20.8 Å². The summed E-state index contributed by atoms with van der Waals surface area (Å²) in [6, 6.07) is 8.75. The van der Waals surface area contributed by atoms with E-state index in [4.69, 9.17) is 10.4 Å². The Morgan fingerprint density at radius 3 is 2.53 bits per heavy atom. The zero-order valence-electron chi connectivity index (χ0n) is 9.05. The summed E-state index contributed by atoms with van der Waals surface area (Å²) in [7, 11) is 0. The molecule has 0 bridgehead atoms. The van der Waals surface area contributed by atoms with Crippen LogP contribution in [0.2, 0.25) is 0 Å². The molecule has 0 saturated heterocycles. The van der Waals surface area contributed by atoms with E-state index in [9.17, 15) is 9.90 Å². The Morgan fingerprint density at radius 1 is 1.35 bits per heavy atom. The monoisotopic (exact) mass is 235 g/mol. The molecule has 0 aromatic heterocycles. The smallest absolute Gasteiger partial charge is 0.404 e. The summed E-state index contributed by atoms with van der Waals surface area (Å²) in [6.07, 6.45) is -1.97. The van der Waals surface area contributed by atoms with Crippen molar-refractivity contribution in [3.05, 3.63) is 29.8 Å². The average Bonchev–Trinajstić information content (AvgIpc) is 2.34. The second-order valence-electron chi connectivity index (χ2n) is 3.41. The van der Waals surface area contributed by atoms with E-state index in [1.807, 2.05) is 6.07 Å². The number of aliphatic hydroxyl groups is 1. The first kappa shape index (κ1) is 12.8. The van der Waals surface area contributed by atoms with Gasteiger partial charge in [0.2, 0.25) is 0 Å². The molecule has 1 aromatic carbocycles. The van der Waals surface area contributed by atoms with Crippen molar-refractivity contribution >= 4 is 11.8 Å². The molecule has 0 aliphatic rings. The van der Waals surface area contributed by atoms with E-state index in [2.05, 4.69) is 10.6 Å². The van der Waals surface area contributed by atoms with E-state index in [1.165, 1.54) is 0 Å². The first-order chi connectivity index (χ1) is 8.11. The molecule has 0 unspecified atom stereocenters. The predicted molar refractivity (Wildman–Crippen MR) is 61.7 cm³/mol. The highest BCUT2D eigenvalue weighted by molar-refractivity contribution is 5.64. The van der Waals surface area contributed by atoms with Crippen molar-refractivity contribution in [2.45, 2.75) is 6.10 Å². The Kier molecular flexibility index (Phi) is 4.78. The van der Waals surface area contributed by atoms with E-state index >= 15 is 0 Å². The van der Waals surface area contributed by atoms with Crippen molar-refractivity contribution in [2.75, 3.05) is 18.4 Å². The predicted octanol–water partition coefficient (Wildman–Crippen LogP) is 0.599. The Hall–Kier alpha value is -2.26. The number of benzene rings is 1. The van der Waals surface area contributed by atoms with Gasteiger partial charge in [0.1, 0.15) is 0 Å². The van der Waals surface area contributed by atoms with Crippen molar-refractivity contribution in [1.82, 2.24) is 5.32 Å². The van der Waals surface area contributed by atoms with Crippen LogP contribution in [0.5, 0.6) is 0 Å². The van der Waals surface area contributed by atoms with Crippen molar-refractivity contribution in [2.24, 2.45) is 0 Å². The van der Waals surface area contributed by atoms with E-state index in [-0.39, 0.29) is 13.1 Å². The van der Waals surface area contributed by atoms with Crippen LogP contribution < -0.4 is 10.6 Å². The highest BCUT2D eigenvalue weighted by Gasteiger charge is 2.05. The van der Waals surface area contributed by atoms with Gasteiger partial charge in [-0.3, -0.25) is 0 Å². The third-order valence-electron chi connectivity index (χ3n) is 2.04. The molecule has 1 atom stereocenters. The fourth-order valence-electron chi connectivity index (χ4n) is 1.18. The van der Waals surface area contributed by atoms with Gasteiger partial charge in [-0.2, -0.15) is 5.26 Å². The number of hydrogen-bond acceptors (Lipinski definition) is 4. The van der Waals surface area contributed by atoms with Crippen LogP contribution in [0.3, 0.4) is 0 Å². The van der Waals surface area contributed by atoms with Crippen molar-refractivity contribution < 1.29 is 15.0 Å². The molecule has 6 heteroatoms. The summed E-state index contributed by atoms with van der Waals surface area (Å²) >= 11 is 0. The van der Waals surface area contributed by atoms with Gasteiger partial charge in [0, 0.05) is 18.8 Å². The zero-order chi connectivity index (χ0) is 12.7. The number of carboxylic acid groups (broad SMARTS) is 1. The van der Waals surface area contributed by atoms with Crippen LogP contribution in [0, 0.1) is 11.3 Å². The minimum Gasteiger partial charge on any atom is -0.465 e. The number of nitrogens with zero attached hydrogens (tertiary/aromatic N) is 1. The maximum atomic E-state index is 10.2. The number of hydrogen-bond donors (Lipinski definition) is 4. The SMILES string of the molecule is N#Cc1ccc(NC[C@@H](O)CNC(=O)O)cc1. The molecule has 0 spiro atoms. The zero-order valence-corrected chi connectivity index (χ0v) is 9.05. The Morgan fingerprint density at radius 2 is 2.00 bits per heavy atom. The molecular formula is C11H13N3O3. The molecule has 1 rings (SSSR count). The molecule has 1 aromatic rings. The molecule has 0 aliphatic heterocycles. The van der Waals surface area contributed by atoms with Crippen LogP contribution in [-0.2, 0) is 0 Å². The van der Waals surface area contributed by atoms with Gasteiger partial charge in [-0.15, -0.1) is 0 Å². The summed E-state index contributed by atoms with van der Waals surface area (Å²) in [6.45, 7) is 0.199. The average molecular weight is 235 g/mol. The molecule has 90 valence electrons. The Balaban J connectivity index is 2.34. The van der Waals surface area contributed by atoms with E-state index in [0.29, 0.717) is 5.56 Å². The molecule has 0 radical (unpaired) electrons. The van der Waals surface area contributed by atoms with Crippen LogP contribution in [0.15, 0.2) is 24.3 Å². The lowest BCUT2D eigenvalue weighted by molar-refractivity contribution is 0.165. The molecule has 6 nitrogen and oxygen atoms in total. The summed E-state index contributed by atoms with van der Waals surface area (Å²) in [4.78, 5) is 10.2. The number of aliphatic hydroxyl groups excluding tert-OH is 1. The van der Waals surface area contributed by atoms with E-state index < -0.39 is 12.2 Å². The first-order valence-corrected chi connectivity index (χ1v) is 5.00. The number of rotatable bonds is 5. The fraction of sp³-hybridized carbons (Fsp3) is 0.273. The molecule has 0 fully saturated rings. The Bertz CT molecular complexity index is 411. The van der Waals surface area contributed by atoms with Crippen molar-refractivity contribution in [1.29, 1.82) is 5.26 Å².